The Kier molecular flexibility index (Phi) is 8.16. The van der Waals surface area contributed by atoms with E-state index in [9.17, 15) is 18.0 Å². The summed E-state index contributed by atoms with van der Waals surface area (Å²) in [6.45, 7) is 0. The number of alkyl halides is 3. The number of aromatic nitrogens is 3. The number of hydrogen-bond donors (Lipinski definition) is 3. The molecule has 1 aliphatic carbocycles. The van der Waals surface area contributed by atoms with Gasteiger partial charge in [0.25, 0.3) is 0 Å². The predicted octanol–water partition coefficient (Wildman–Crippen LogP) is 4.34. The Balaban J connectivity index is 0.00000193. The Morgan fingerprint density at radius 2 is 1.91 bits per heavy atom. The monoisotopic (exact) mass is 501 g/mol. The molecule has 5 N–H and O–H groups in total. The quantitative estimate of drug-likeness (QED) is 0.418. The highest BCUT2D eigenvalue weighted by molar-refractivity contribution is 6.02. The Labute approximate surface area is 200 Å². The van der Waals surface area contributed by atoms with Crippen molar-refractivity contribution < 1.29 is 18.0 Å². The van der Waals surface area contributed by atoms with Gasteiger partial charge in [-0.1, -0.05) is 12.1 Å². The average Bonchev–Trinajstić information content (AvgIpc) is 3.39. The second-order valence-corrected chi connectivity index (χ2v) is 8.00. The predicted molar refractivity (Wildman–Crippen MR) is 125 cm³/mol. The van der Waals surface area contributed by atoms with Gasteiger partial charge in [-0.15, -0.1) is 24.8 Å². The lowest BCUT2D eigenvalue weighted by Crippen LogP contribution is -2.32. The van der Waals surface area contributed by atoms with Crippen molar-refractivity contribution in [3.8, 4) is 0 Å². The zero-order valence-corrected chi connectivity index (χ0v) is 19.1. The van der Waals surface area contributed by atoms with Gasteiger partial charge < -0.3 is 11.5 Å². The number of carbonyl (C=O) groups excluding carboxylic acids is 1. The van der Waals surface area contributed by atoms with Crippen molar-refractivity contribution in [1.82, 2.24) is 15.2 Å². The summed E-state index contributed by atoms with van der Waals surface area (Å²) in [4.78, 5) is 16.3. The maximum absolute atomic E-state index is 14.0. The van der Waals surface area contributed by atoms with E-state index in [2.05, 4.69) is 15.2 Å². The van der Waals surface area contributed by atoms with Crippen molar-refractivity contribution in [2.75, 3.05) is 0 Å². The molecule has 0 saturated heterocycles. The van der Waals surface area contributed by atoms with E-state index in [0.717, 1.165) is 16.5 Å². The van der Waals surface area contributed by atoms with Crippen LogP contribution in [0.15, 0.2) is 54.5 Å². The van der Waals surface area contributed by atoms with E-state index in [0.29, 0.717) is 6.42 Å². The minimum atomic E-state index is -4.50. The number of nitrogens with one attached hydrogen (secondary N) is 1. The number of hydrogen-bond acceptors (Lipinski definition) is 4. The molecule has 1 saturated carbocycles. The molecular formula is C22H24Cl2F3N5O. The molecule has 1 fully saturated rings. The molecule has 1 aromatic carbocycles. The summed E-state index contributed by atoms with van der Waals surface area (Å²) in [6.07, 6.45) is 0.0966. The number of aromatic amines is 1. The Morgan fingerprint density at radius 3 is 2.48 bits per heavy atom. The molecule has 4 rings (SSSR count). The average molecular weight is 502 g/mol. The molecule has 178 valence electrons. The number of fused-ring (bicyclic) bond motifs is 1. The van der Waals surface area contributed by atoms with Gasteiger partial charge in [0.15, 0.2) is 0 Å². The number of amides is 1. The van der Waals surface area contributed by atoms with Crippen LogP contribution in [0.4, 0.5) is 13.2 Å². The van der Waals surface area contributed by atoms with E-state index in [4.69, 9.17) is 11.5 Å². The number of primary amides is 1. The fourth-order valence-electron chi connectivity index (χ4n) is 4.13. The summed E-state index contributed by atoms with van der Waals surface area (Å²) in [5, 5.41) is 7.73. The van der Waals surface area contributed by atoms with E-state index in [-0.39, 0.29) is 60.8 Å². The third kappa shape index (κ3) is 5.31. The number of nitrogens with zero attached hydrogens (tertiary/aromatic N) is 2. The van der Waals surface area contributed by atoms with Crippen LogP contribution in [-0.2, 0) is 11.2 Å². The van der Waals surface area contributed by atoms with E-state index in [1.807, 2.05) is 18.2 Å². The van der Waals surface area contributed by atoms with Crippen LogP contribution in [0.1, 0.15) is 30.4 Å². The molecule has 0 spiro atoms. The molecule has 0 aliphatic heterocycles. The number of benzene rings is 1. The lowest BCUT2D eigenvalue weighted by atomic mass is 9.83. The zero-order chi connectivity index (χ0) is 22.2. The lowest BCUT2D eigenvalue weighted by molar-refractivity contribution is -0.168. The smallest absolute Gasteiger partial charge is 0.366 e. The van der Waals surface area contributed by atoms with Crippen LogP contribution in [0, 0.1) is 5.41 Å². The number of rotatable bonds is 7. The van der Waals surface area contributed by atoms with Gasteiger partial charge in [0.1, 0.15) is 0 Å². The number of H-pyrrole nitrogens is 1. The van der Waals surface area contributed by atoms with Crippen LogP contribution in [0.3, 0.4) is 0 Å². The highest BCUT2D eigenvalue weighted by Gasteiger charge is 2.66. The first-order valence-electron chi connectivity index (χ1n) is 9.89. The SMILES string of the molecule is Cl.Cl.NC(=O)C(C[C@@H](N)Cc1ccc2[nH]ncc2c1)=C(c1cccnc1)C1(C(F)(F)F)CC1. The Morgan fingerprint density at radius 1 is 1.18 bits per heavy atom. The van der Waals surface area contributed by atoms with Gasteiger partial charge in [-0.3, -0.25) is 14.9 Å². The van der Waals surface area contributed by atoms with Crippen LogP contribution in [0.2, 0.25) is 0 Å². The Bertz CT molecular complexity index is 1140. The van der Waals surface area contributed by atoms with Crippen molar-refractivity contribution in [2.24, 2.45) is 16.9 Å². The topological polar surface area (TPSA) is 111 Å². The van der Waals surface area contributed by atoms with Crippen molar-refractivity contribution in [2.45, 2.75) is 37.9 Å². The number of pyridine rings is 1. The summed E-state index contributed by atoms with van der Waals surface area (Å²) in [6, 6.07) is 8.11. The number of carbonyl (C=O) groups is 1. The zero-order valence-electron chi connectivity index (χ0n) is 17.4. The third-order valence-corrected chi connectivity index (χ3v) is 5.79. The summed E-state index contributed by atoms with van der Waals surface area (Å²) in [7, 11) is 0. The number of halogens is 5. The van der Waals surface area contributed by atoms with Crippen molar-refractivity contribution in [1.29, 1.82) is 0 Å². The van der Waals surface area contributed by atoms with E-state index < -0.39 is 23.5 Å². The standard InChI is InChI=1S/C22H22F3N5O.2ClH/c23-22(24,25)21(5-6-21)19(14-2-1-7-28-11-14)17(20(27)31)10-16(26)9-13-3-4-18-15(8-13)12-29-30-18;;/h1-4,7-8,11-12,16H,5-6,9-10,26H2,(H2,27,31)(H,29,30);2*1H/t16-;;/m0../s1. The lowest BCUT2D eigenvalue weighted by Gasteiger charge is -2.26. The first-order chi connectivity index (χ1) is 14.7. The molecule has 33 heavy (non-hydrogen) atoms. The molecule has 2 heterocycles. The fourth-order valence-corrected chi connectivity index (χ4v) is 4.13. The van der Waals surface area contributed by atoms with E-state index in [1.54, 1.807) is 12.3 Å². The molecule has 1 aliphatic rings. The maximum atomic E-state index is 14.0. The molecule has 6 nitrogen and oxygen atoms in total. The number of allylic oxidation sites excluding steroid dienone is 1. The normalized spacial score (nSPS) is 16.2. The summed E-state index contributed by atoms with van der Waals surface area (Å²) in [5.74, 6) is -0.893. The third-order valence-electron chi connectivity index (χ3n) is 5.79. The summed E-state index contributed by atoms with van der Waals surface area (Å²) < 4.78 is 42.0. The van der Waals surface area contributed by atoms with Crippen molar-refractivity contribution in [3.63, 3.8) is 0 Å². The highest BCUT2D eigenvalue weighted by Crippen LogP contribution is 2.65. The van der Waals surface area contributed by atoms with Gasteiger partial charge in [0.05, 0.1) is 17.1 Å². The molecule has 1 atom stereocenters. The summed E-state index contributed by atoms with van der Waals surface area (Å²) in [5.41, 5.74) is 11.6. The molecular weight excluding hydrogens is 478 g/mol. The van der Waals surface area contributed by atoms with Crippen LogP contribution >= 0.6 is 24.8 Å². The molecule has 0 radical (unpaired) electrons. The minimum Gasteiger partial charge on any atom is -0.366 e. The second kappa shape index (κ2) is 10.1. The molecule has 11 heteroatoms. The molecule has 3 aromatic rings. The maximum Gasteiger partial charge on any atom is 0.398 e. The van der Waals surface area contributed by atoms with Gasteiger partial charge in [-0.25, -0.2) is 0 Å². The van der Waals surface area contributed by atoms with Gasteiger partial charge in [-0.05, 0) is 60.6 Å². The second-order valence-electron chi connectivity index (χ2n) is 8.00. The Hall–Kier alpha value is -2.62. The largest absolute Gasteiger partial charge is 0.398 e. The van der Waals surface area contributed by atoms with Gasteiger partial charge >= 0.3 is 6.18 Å². The van der Waals surface area contributed by atoms with E-state index >= 15 is 0 Å². The van der Waals surface area contributed by atoms with Gasteiger partial charge in [-0.2, -0.15) is 18.3 Å². The molecule has 0 unspecified atom stereocenters. The highest BCUT2D eigenvalue weighted by atomic mass is 35.5. The van der Waals surface area contributed by atoms with Crippen LogP contribution in [0.5, 0.6) is 0 Å². The molecule has 2 aromatic heterocycles. The first kappa shape index (κ1) is 26.6. The van der Waals surface area contributed by atoms with Crippen LogP contribution in [-0.4, -0.2) is 33.3 Å². The number of nitrogens with two attached hydrogens (primary N) is 2. The van der Waals surface area contributed by atoms with Crippen LogP contribution in [0.25, 0.3) is 16.5 Å². The fraction of sp³-hybridized carbons (Fsp3) is 0.318. The first-order valence-corrected chi connectivity index (χ1v) is 9.89. The molecule has 0 bridgehead atoms. The van der Waals surface area contributed by atoms with Crippen molar-refractivity contribution >= 4 is 47.2 Å². The van der Waals surface area contributed by atoms with Crippen molar-refractivity contribution in [3.05, 3.63) is 65.6 Å². The summed E-state index contributed by atoms with van der Waals surface area (Å²) >= 11 is 0. The van der Waals surface area contributed by atoms with Gasteiger partial charge in [0, 0.05) is 29.4 Å². The van der Waals surface area contributed by atoms with E-state index in [1.165, 1.54) is 18.5 Å². The van der Waals surface area contributed by atoms with Crippen LogP contribution < -0.4 is 11.5 Å². The molecule has 1 amide bonds. The minimum absolute atomic E-state index is 0. The van der Waals surface area contributed by atoms with Gasteiger partial charge in [0.2, 0.25) is 5.91 Å².